The van der Waals surface area contributed by atoms with E-state index in [1.165, 1.54) is 11.8 Å². The zero-order chi connectivity index (χ0) is 19.8. The van der Waals surface area contributed by atoms with Crippen LogP contribution in [-0.4, -0.2) is 33.0 Å². The van der Waals surface area contributed by atoms with E-state index in [9.17, 15) is 9.59 Å². The van der Waals surface area contributed by atoms with Crippen LogP contribution in [0.25, 0.3) is 0 Å². The molecule has 0 atom stereocenters. The summed E-state index contributed by atoms with van der Waals surface area (Å²) in [6.45, 7) is 1.06. The van der Waals surface area contributed by atoms with Crippen LogP contribution in [0, 0.1) is 0 Å². The van der Waals surface area contributed by atoms with Gasteiger partial charge < -0.3 is 5.32 Å². The van der Waals surface area contributed by atoms with Gasteiger partial charge in [-0.3, -0.25) is 9.36 Å². The molecule has 0 fully saturated rings. The zero-order valence-corrected chi connectivity index (χ0v) is 16.8. The van der Waals surface area contributed by atoms with Gasteiger partial charge in [0.05, 0.1) is 5.75 Å². The summed E-state index contributed by atoms with van der Waals surface area (Å²) in [6.07, 6.45) is 1.46. The van der Waals surface area contributed by atoms with Crippen molar-refractivity contribution in [3.63, 3.8) is 0 Å². The molecule has 0 saturated heterocycles. The highest BCUT2D eigenvalue weighted by molar-refractivity contribution is 7.99. The van der Waals surface area contributed by atoms with Crippen molar-refractivity contribution in [3.05, 3.63) is 81.2 Å². The molecule has 8 heteroatoms. The Morgan fingerprint density at radius 1 is 1.07 bits per heavy atom. The molecule has 2 N–H and O–H groups in total. The average Bonchev–Trinajstić information content (AvgIpc) is 3.06. The molecule has 3 aromatic rings. The lowest BCUT2D eigenvalue weighted by Crippen LogP contribution is -2.27. The van der Waals surface area contributed by atoms with Gasteiger partial charge in [0.15, 0.2) is 5.16 Å². The first kappa shape index (κ1) is 20.2. The summed E-state index contributed by atoms with van der Waals surface area (Å²) < 4.78 is 1.57. The number of halogens is 1. The largest absolute Gasteiger partial charge is 0.355 e. The van der Waals surface area contributed by atoms with Gasteiger partial charge in [0.25, 0.3) is 0 Å². The lowest BCUT2D eigenvalue weighted by Gasteiger charge is -2.07. The van der Waals surface area contributed by atoms with Crippen LogP contribution in [0.4, 0.5) is 0 Å². The Hall–Kier alpha value is -2.51. The topological polar surface area (TPSA) is 79.8 Å². The Morgan fingerprint density at radius 2 is 1.79 bits per heavy atom. The number of nitrogens with one attached hydrogen (secondary N) is 2. The fraction of sp³-hybridized carbons (Fsp3) is 0.250. The number of carbonyl (C=O) groups is 1. The molecular formula is C20H21ClN4O2S. The summed E-state index contributed by atoms with van der Waals surface area (Å²) in [5.41, 5.74) is 1.99. The number of aromatic nitrogens is 3. The molecule has 0 aliphatic carbocycles. The molecule has 28 heavy (non-hydrogen) atoms. The molecule has 0 aliphatic rings. The van der Waals surface area contributed by atoms with E-state index >= 15 is 0 Å². The quantitative estimate of drug-likeness (QED) is 0.525. The van der Waals surface area contributed by atoms with Crippen LogP contribution in [0.1, 0.15) is 11.1 Å². The molecule has 1 amide bonds. The fourth-order valence-corrected chi connectivity index (χ4v) is 3.60. The van der Waals surface area contributed by atoms with Gasteiger partial charge in [0, 0.05) is 18.1 Å². The lowest BCUT2D eigenvalue weighted by atomic mass is 10.1. The van der Waals surface area contributed by atoms with E-state index in [4.69, 9.17) is 11.6 Å². The van der Waals surface area contributed by atoms with Crippen molar-refractivity contribution in [1.82, 2.24) is 20.1 Å². The minimum absolute atomic E-state index is 0.0935. The number of hydrogen-bond acceptors (Lipinski definition) is 4. The van der Waals surface area contributed by atoms with E-state index in [0.717, 1.165) is 24.0 Å². The van der Waals surface area contributed by atoms with Crippen LogP contribution in [0.5, 0.6) is 0 Å². The van der Waals surface area contributed by atoms with Gasteiger partial charge in [0.1, 0.15) is 0 Å². The summed E-state index contributed by atoms with van der Waals surface area (Å²) in [7, 11) is 0. The SMILES string of the molecule is O=C(CSc1n[nH]c(=O)n1CCc1ccccc1)NCCc1ccc(Cl)cc1. The van der Waals surface area contributed by atoms with Crippen molar-refractivity contribution in [2.45, 2.75) is 24.5 Å². The summed E-state index contributed by atoms with van der Waals surface area (Å²) >= 11 is 7.11. The van der Waals surface area contributed by atoms with Crippen LogP contribution in [0.15, 0.2) is 64.5 Å². The Labute approximate surface area is 172 Å². The fourth-order valence-electron chi connectivity index (χ4n) is 2.67. The molecule has 0 unspecified atom stereocenters. The lowest BCUT2D eigenvalue weighted by molar-refractivity contribution is -0.118. The standard InChI is InChI=1S/C20H21ClN4O2S/c21-17-8-6-16(7-9-17)10-12-22-18(26)14-28-20-24-23-19(27)25(20)13-11-15-4-2-1-3-5-15/h1-9H,10-14H2,(H,22,26)(H,23,27). The number of hydrogen-bond donors (Lipinski definition) is 2. The van der Waals surface area contributed by atoms with Crippen LogP contribution < -0.4 is 11.0 Å². The summed E-state index contributed by atoms with van der Waals surface area (Å²) in [5.74, 6) is 0.111. The van der Waals surface area contributed by atoms with Crippen molar-refractivity contribution in [1.29, 1.82) is 0 Å². The highest BCUT2D eigenvalue weighted by Crippen LogP contribution is 2.14. The molecule has 1 heterocycles. The van der Waals surface area contributed by atoms with Crippen LogP contribution >= 0.6 is 23.4 Å². The molecule has 0 saturated carbocycles. The molecular weight excluding hydrogens is 396 g/mol. The van der Waals surface area contributed by atoms with Crippen molar-refractivity contribution in [3.8, 4) is 0 Å². The number of amides is 1. The van der Waals surface area contributed by atoms with Crippen LogP contribution in [0.2, 0.25) is 5.02 Å². The number of aryl methyl sites for hydroxylation is 1. The number of rotatable bonds is 9. The van der Waals surface area contributed by atoms with E-state index in [-0.39, 0.29) is 17.3 Å². The summed E-state index contributed by atoms with van der Waals surface area (Å²) in [6, 6.07) is 17.5. The maximum absolute atomic E-state index is 12.1. The molecule has 2 aromatic carbocycles. The molecule has 3 rings (SSSR count). The Balaban J connectivity index is 1.45. The second-order valence-electron chi connectivity index (χ2n) is 6.21. The number of carbonyl (C=O) groups excluding carboxylic acids is 1. The van der Waals surface area contributed by atoms with Crippen LogP contribution in [0.3, 0.4) is 0 Å². The van der Waals surface area contributed by atoms with Gasteiger partial charge in [-0.05, 0) is 36.1 Å². The molecule has 0 radical (unpaired) electrons. The van der Waals surface area contributed by atoms with Crippen molar-refractivity contribution < 1.29 is 4.79 Å². The maximum Gasteiger partial charge on any atom is 0.343 e. The Morgan fingerprint density at radius 3 is 2.54 bits per heavy atom. The highest BCUT2D eigenvalue weighted by Gasteiger charge is 2.11. The van der Waals surface area contributed by atoms with Gasteiger partial charge in [-0.15, -0.1) is 5.10 Å². The van der Waals surface area contributed by atoms with E-state index in [1.54, 1.807) is 4.57 Å². The molecule has 0 aliphatic heterocycles. The van der Waals surface area contributed by atoms with Crippen molar-refractivity contribution in [2.24, 2.45) is 0 Å². The van der Waals surface area contributed by atoms with Gasteiger partial charge in [-0.2, -0.15) is 0 Å². The third-order valence-corrected chi connectivity index (χ3v) is 5.40. The first-order valence-corrected chi connectivity index (χ1v) is 10.3. The normalized spacial score (nSPS) is 10.8. The monoisotopic (exact) mass is 416 g/mol. The maximum atomic E-state index is 12.1. The zero-order valence-electron chi connectivity index (χ0n) is 15.2. The molecule has 6 nitrogen and oxygen atoms in total. The number of benzene rings is 2. The first-order chi connectivity index (χ1) is 13.6. The van der Waals surface area contributed by atoms with E-state index in [2.05, 4.69) is 15.5 Å². The smallest absolute Gasteiger partial charge is 0.343 e. The summed E-state index contributed by atoms with van der Waals surface area (Å²) in [4.78, 5) is 24.1. The third kappa shape index (κ3) is 6.00. The van der Waals surface area contributed by atoms with E-state index in [0.29, 0.717) is 23.3 Å². The van der Waals surface area contributed by atoms with Gasteiger partial charge in [0.2, 0.25) is 5.91 Å². The van der Waals surface area contributed by atoms with Gasteiger partial charge in [-0.25, -0.2) is 9.89 Å². The van der Waals surface area contributed by atoms with Gasteiger partial charge in [-0.1, -0.05) is 65.8 Å². The van der Waals surface area contributed by atoms with E-state index in [1.807, 2.05) is 54.6 Å². The molecule has 146 valence electrons. The number of thioether (sulfide) groups is 1. The number of H-pyrrole nitrogens is 1. The minimum atomic E-state index is -0.262. The predicted octanol–water partition coefficient (Wildman–Crippen LogP) is 2.92. The Kier molecular flexibility index (Phi) is 7.33. The first-order valence-electron chi connectivity index (χ1n) is 8.95. The second-order valence-corrected chi connectivity index (χ2v) is 7.59. The van der Waals surface area contributed by atoms with Crippen LogP contribution in [-0.2, 0) is 24.2 Å². The third-order valence-electron chi connectivity index (χ3n) is 4.17. The van der Waals surface area contributed by atoms with E-state index < -0.39 is 0 Å². The molecule has 0 bridgehead atoms. The second kappa shape index (κ2) is 10.1. The molecule has 1 aromatic heterocycles. The highest BCUT2D eigenvalue weighted by atomic mass is 35.5. The minimum Gasteiger partial charge on any atom is -0.355 e. The number of nitrogens with zero attached hydrogens (tertiary/aromatic N) is 2. The van der Waals surface area contributed by atoms with Crippen molar-refractivity contribution in [2.75, 3.05) is 12.3 Å². The Bertz CT molecular complexity index is 954. The number of aromatic amines is 1. The van der Waals surface area contributed by atoms with Gasteiger partial charge >= 0.3 is 5.69 Å². The predicted molar refractivity (Wildman–Crippen MR) is 112 cm³/mol. The molecule has 0 spiro atoms. The summed E-state index contributed by atoms with van der Waals surface area (Å²) in [5, 5.41) is 10.6. The average molecular weight is 417 g/mol. The van der Waals surface area contributed by atoms with Crippen molar-refractivity contribution >= 4 is 29.3 Å².